The Hall–Kier alpha value is -0.400. The maximum Gasteiger partial charge on any atom is 0.307 e. The molecule has 0 aliphatic carbocycles. The summed E-state index contributed by atoms with van der Waals surface area (Å²) in [7, 11) is 0. The Morgan fingerprint density at radius 1 is 1.43 bits per heavy atom. The molecule has 0 bridgehead atoms. The second kappa shape index (κ2) is 6.01. The first-order valence-corrected chi connectivity index (χ1v) is 7.45. The van der Waals surface area contributed by atoms with Crippen molar-refractivity contribution in [2.45, 2.75) is 19.1 Å². The summed E-state index contributed by atoms with van der Waals surface area (Å²) in [4.78, 5) is 4.09. The predicted molar refractivity (Wildman–Crippen MR) is 80.6 cm³/mol. The molecule has 1 aliphatic heterocycles. The maximum atomic E-state index is 11.1. The second-order valence-electron chi connectivity index (χ2n) is 4.71. The smallest absolute Gasteiger partial charge is 0.307 e. The summed E-state index contributed by atoms with van der Waals surface area (Å²) < 4.78 is 4.35. The summed E-state index contributed by atoms with van der Waals surface area (Å²) in [5, 5.41) is 12.1. The molecule has 21 heavy (non-hydrogen) atoms. The molecule has 0 saturated heterocycles. The number of rotatable bonds is 1. The van der Waals surface area contributed by atoms with Crippen molar-refractivity contribution in [3.8, 4) is 0 Å². The lowest BCUT2D eigenvalue weighted by Crippen LogP contribution is -3.00. The molecule has 1 unspecified atom stereocenters. The van der Waals surface area contributed by atoms with Crippen LogP contribution in [0, 0.1) is 0 Å². The number of benzene rings is 1. The van der Waals surface area contributed by atoms with Crippen LogP contribution in [0.3, 0.4) is 0 Å². The Morgan fingerprint density at radius 2 is 2.14 bits per heavy atom. The minimum atomic E-state index is -1.24. The van der Waals surface area contributed by atoms with E-state index in [9.17, 15) is 5.11 Å². The Morgan fingerprint density at radius 3 is 2.81 bits per heavy atom. The van der Waals surface area contributed by atoms with Crippen LogP contribution in [0.5, 0.6) is 0 Å². The van der Waals surface area contributed by atoms with E-state index < -0.39 is 5.60 Å². The molecule has 1 aromatic heterocycles. The summed E-state index contributed by atoms with van der Waals surface area (Å²) in [6, 6.07) is 5.08. The third-order valence-electron chi connectivity index (χ3n) is 3.44. The number of allylic oxidation sites excluding steroid dienone is 1. The van der Waals surface area contributed by atoms with Gasteiger partial charge in [-0.15, -0.1) is 4.68 Å². The van der Waals surface area contributed by atoms with E-state index in [1.807, 2.05) is 16.3 Å². The Bertz CT molecular complexity index is 732. The van der Waals surface area contributed by atoms with Crippen LogP contribution in [-0.2, 0) is 12.1 Å². The van der Waals surface area contributed by atoms with Crippen LogP contribution in [-0.4, -0.2) is 14.8 Å². The molecule has 1 N–H and O–H groups in total. The van der Waals surface area contributed by atoms with Gasteiger partial charge in [0.15, 0.2) is 5.60 Å². The Labute approximate surface area is 150 Å². The van der Waals surface area contributed by atoms with Gasteiger partial charge in [-0.3, -0.25) is 0 Å². The topological polar surface area (TPSA) is 41.9 Å². The zero-order valence-electron chi connectivity index (χ0n) is 10.9. The van der Waals surface area contributed by atoms with Crippen molar-refractivity contribution in [1.29, 1.82) is 0 Å². The highest BCUT2D eigenvalue weighted by Crippen LogP contribution is 2.42. The molecule has 0 radical (unpaired) electrons. The number of nitrogens with zero attached hydrogens (tertiary/aromatic N) is 3. The highest BCUT2D eigenvalue weighted by atomic mass is 79.9. The zero-order valence-corrected chi connectivity index (χ0v) is 15.6. The number of aliphatic hydroxyl groups is 1. The molecule has 0 saturated carbocycles. The molecule has 0 spiro atoms. The predicted octanol–water partition coefficient (Wildman–Crippen LogP) is -0.0338. The van der Waals surface area contributed by atoms with Gasteiger partial charge >= 0.3 is 6.33 Å². The Balaban J connectivity index is 0.00000161. The van der Waals surface area contributed by atoms with E-state index in [0.29, 0.717) is 26.6 Å². The SMILES string of the molecule is CC1=C(Br)C(O)(c2ccc(Cl)cc2Cl)C[n+]2cncn21.[Br-]. The summed E-state index contributed by atoms with van der Waals surface area (Å²) in [5.41, 5.74) is 0.212. The lowest BCUT2D eigenvalue weighted by Gasteiger charge is -2.32. The fourth-order valence-corrected chi connectivity index (χ4v) is 3.51. The van der Waals surface area contributed by atoms with Gasteiger partial charge in [-0.2, -0.15) is 4.68 Å². The van der Waals surface area contributed by atoms with E-state index in [0.717, 1.165) is 5.70 Å². The molecular formula is C13H11Br2Cl2N3O. The third-order valence-corrected chi connectivity index (χ3v) is 5.22. The largest absolute Gasteiger partial charge is 1.00 e. The van der Waals surface area contributed by atoms with Crippen molar-refractivity contribution in [2.24, 2.45) is 0 Å². The van der Waals surface area contributed by atoms with Gasteiger partial charge in [0.05, 0.1) is 10.2 Å². The molecule has 1 aliphatic rings. The fraction of sp³-hybridized carbons (Fsp3) is 0.231. The van der Waals surface area contributed by atoms with Crippen molar-refractivity contribution in [3.05, 3.63) is 50.9 Å². The summed E-state index contributed by atoms with van der Waals surface area (Å²) in [5.74, 6) is 0. The molecule has 1 aromatic carbocycles. The number of fused-ring (bicyclic) bond motifs is 1. The van der Waals surface area contributed by atoms with Gasteiger partial charge in [-0.1, -0.05) is 29.3 Å². The fourth-order valence-electron chi connectivity index (χ4n) is 2.42. The molecule has 2 aromatic rings. The second-order valence-corrected chi connectivity index (χ2v) is 6.34. The van der Waals surface area contributed by atoms with Crippen molar-refractivity contribution in [3.63, 3.8) is 0 Å². The molecule has 0 amide bonds. The van der Waals surface area contributed by atoms with Crippen LogP contribution in [0.4, 0.5) is 0 Å². The van der Waals surface area contributed by atoms with E-state index >= 15 is 0 Å². The third kappa shape index (κ3) is 2.68. The number of hydrogen-bond donors (Lipinski definition) is 1. The van der Waals surface area contributed by atoms with Crippen LogP contribution in [0.1, 0.15) is 12.5 Å². The number of halogens is 4. The van der Waals surface area contributed by atoms with Crippen LogP contribution >= 0.6 is 39.1 Å². The minimum absolute atomic E-state index is 0. The minimum Gasteiger partial charge on any atom is -1.00 e. The first kappa shape index (κ1) is 17.0. The van der Waals surface area contributed by atoms with E-state index in [1.165, 1.54) is 0 Å². The van der Waals surface area contributed by atoms with Crippen molar-refractivity contribution in [1.82, 2.24) is 9.67 Å². The molecular weight excluding hydrogens is 445 g/mol. The first-order valence-electron chi connectivity index (χ1n) is 5.90. The highest BCUT2D eigenvalue weighted by Gasteiger charge is 2.43. The summed E-state index contributed by atoms with van der Waals surface area (Å²) in [6.45, 7) is 2.21. The monoisotopic (exact) mass is 453 g/mol. The summed E-state index contributed by atoms with van der Waals surface area (Å²) in [6.07, 6.45) is 3.36. The standard InChI is InChI=1S/C13H11BrCl2N3O.BrH/c1-8-12(14)13(20,5-18-6-17-7-19(8)18)10-3-2-9(15)4-11(10)16;/h2-4,6-7,20H,5H2,1H3;1H/q+1;/p-1. The van der Waals surface area contributed by atoms with Crippen LogP contribution in [0.25, 0.3) is 5.70 Å². The average Bonchev–Trinajstić information content (AvgIpc) is 2.84. The molecule has 4 nitrogen and oxygen atoms in total. The van der Waals surface area contributed by atoms with Gasteiger partial charge in [-0.25, -0.2) is 0 Å². The normalized spacial score (nSPS) is 21.0. The summed E-state index contributed by atoms with van der Waals surface area (Å²) >= 11 is 15.7. The molecule has 2 heterocycles. The van der Waals surface area contributed by atoms with Gasteiger partial charge in [0.1, 0.15) is 6.54 Å². The van der Waals surface area contributed by atoms with Crippen molar-refractivity contribution < 1.29 is 26.8 Å². The van der Waals surface area contributed by atoms with Gasteiger partial charge in [0.25, 0.3) is 0 Å². The van der Waals surface area contributed by atoms with Crippen molar-refractivity contribution in [2.75, 3.05) is 0 Å². The van der Waals surface area contributed by atoms with E-state index in [-0.39, 0.29) is 17.0 Å². The molecule has 0 fully saturated rings. The number of aromatic nitrogens is 3. The van der Waals surface area contributed by atoms with Crippen LogP contribution in [0.15, 0.2) is 35.3 Å². The van der Waals surface area contributed by atoms with E-state index in [2.05, 4.69) is 20.9 Å². The number of hydrogen-bond acceptors (Lipinski definition) is 2. The first-order chi connectivity index (χ1) is 9.43. The van der Waals surface area contributed by atoms with Crippen LogP contribution in [0.2, 0.25) is 10.0 Å². The lowest BCUT2D eigenvalue weighted by molar-refractivity contribution is -0.779. The van der Waals surface area contributed by atoms with E-state index in [4.69, 9.17) is 23.2 Å². The lowest BCUT2D eigenvalue weighted by atomic mass is 9.91. The Kier molecular flexibility index (Phi) is 4.85. The van der Waals surface area contributed by atoms with Crippen LogP contribution < -0.4 is 21.7 Å². The van der Waals surface area contributed by atoms with Gasteiger partial charge < -0.3 is 22.1 Å². The van der Waals surface area contributed by atoms with Gasteiger partial charge in [0.2, 0.25) is 6.33 Å². The van der Waals surface area contributed by atoms with Gasteiger partial charge in [0, 0.05) is 15.6 Å². The molecule has 3 rings (SSSR count). The highest BCUT2D eigenvalue weighted by molar-refractivity contribution is 9.11. The van der Waals surface area contributed by atoms with Gasteiger partial charge in [-0.05, 0) is 40.0 Å². The average molecular weight is 456 g/mol. The molecule has 8 heteroatoms. The van der Waals surface area contributed by atoms with Crippen molar-refractivity contribution >= 4 is 44.8 Å². The molecule has 112 valence electrons. The maximum absolute atomic E-state index is 11.1. The molecule has 1 atom stereocenters. The quantitative estimate of drug-likeness (QED) is 0.613. The zero-order chi connectivity index (χ0) is 14.5. The van der Waals surface area contributed by atoms with E-state index in [1.54, 1.807) is 30.9 Å².